The molecule has 0 aromatic heterocycles. The molecule has 0 aliphatic rings. The van der Waals surface area contributed by atoms with Gasteiger partial charge < -0.3 is 10.4 Å². The Morgan fingerprint density at radius 2 is 1.94 bits per heavy atom. The molecule has 0 saturated carbocycles. The fourth-order valence-electron chi connectivity index (χ4n) is 1.23. The summed E-state index contributed by atoms with van der Waals surface area (Å²) in [5.41, 5.74) is 0.835. The standard InChI is InChI=1S/C10H10Cl2N2O2/c1-2-9(13-15)10(14-16)7-4-3-6(11)5-8(7)12/h3-5,15-16H,2H2,1H3. The van der Waals surface area contributed by atoms with E-state index in [1.165, 1.54) is 6.07 Å². The third-order valence-corrected chi connectivity index (χ3v) is 2.56. The van der Waals surface area contributed by atoms with Crippen LogP contribution in [0, 0.1) is 0 Å². The summed E-state index contributed by atoms with van der Waals surface area (Å²) < 4.78 is 0. The first-order chi connectivity index (χ1) is 7.63. The van der Waals surface area contributed by atoms with E-state index in [1.54, 1.807) is 19.1 Å². The van der Waals surface area contributed by atoms with Crippen LogP contribution in [0.15, 0.2) is 28.5 Å². The van der Waals surface area contributed by atoms with Gasteiger partial charge in [0, 0.05) is 10.6 Å². The molecule has 6 heteroatoms. The van der Waals surface area contributed by atoms with E-state index in [2.05, 4.69) is 10.3 Å². The van der Waals surface area contributed by atoms with Crippen LogP contribution < -0.4 is 0 Å². The smallest absolute Gasteiger partial charge is 0.136 e. The third kappa shape index (κ3) is 2.65. The van der Waals surface area contributed by atoms with Crippen molar-refractivity contribution in [3.8, 4) is 0 Å². The average Bonchev–Trinajstić information content (AvgIpc) is 2.27. The Balaban J connectivity index is 3.25. The predicted molar refractivity (Wildman–Crippen MR) is 64.3 cm³/mol. The van der Waals surface area contributed by atoms with Gasteiger partial charge in [-0.25, -0.2) is 0 Å². The van der Waals surface area contributed by atoms with E-state index in [9.17, 15) is 0 Å². The van der Waals surface area contributed by atoms with E-state index in [0.29, 0.717) is 22.0 Å². The minimum Gasteiger partial charge on any atom is -0.411 e. The summed E-state index contributed by atoms with van der Waals surface area (Å²) in [5.74, 6) is 0. The first kappa shape index (κ1) is 12.8. The first-order valence-corrected chi connectivity index (χ1v) is 5.28. The molecule has 1 aromatic rings. The second-order valence-corrected chi connectivity index (χ2v) is 3.82. The van der Waals surface area contributed by atoms with Crippen molar-refractivity contribution in [1.82, 2.24) is 0 Å². The number of rotatable bonds is 3. The molecule has 0 heterocycles. The number of hydrogen-bond acceptors (Lipinski definition) is 4. The van der Waals surface area contributed by atoms with Crippen molar-refractivity contribution >= 4 is 34.6 Å². The van der Waals surface area contributed by atoms with Crippen LogP contribution >= 0.6 is 23.2 Å². The number of oxime groups is 2. The van der Waals surface area contributed by atoms with Gasteiger partial charge in [-0.15, -0.1) is 0 Å². The summed E-state index contributed by atoms with van der Waals surface area (Å²) in [4.78, 5) is 0. The minimum absolute atomic E-state index is 0.131. The van der Waals surface area contributed by atoms with E-state index >= 15 is 0 Å². The first-order valence-electron chi connectivity index (χ1n) is 4.52. The maximum Gasteiger partial charge on any atom is 0.136 e. The van der Waals surface area contributed by atoms with Crippen LogP contribution in [0.25, 0.3) is 0 Å². The minimum atomic E-state index is 0.131. The summed E-state index contributed by atoms with van der Waals surface area (Å²) in [6, 6.07) is 4.73. The van der Waals surface area contributed by atoms with E-state index in [0.717, 1.165) is 0 Å². The maximum absolute atomic E-state index is 8.91. The van der Waals surface area contributed by atoms with Crippen molar-refractivity contribution in [2.75, 3.05) is 0 Å². The molecule has 0 unspecified atom stereocenters. The third-order valence-electron chi connectivity index (χ3n) is 2.02. The van der Waals surface area contributed by atoms with Crippen LogP contribution in [0.4, 0.5) is 0 Å². The lowest BCUT2D eigenvalue weighted by Crippen LogP contribution is -2.15. The Kier molecular flexibility index (Phi) is 4.58. The fourth-order valence-corrected chi connectivity index (χ4v) is 1.73. The molecule has 2 N–H and O–H groups in total. The normalized spacial score (nSPS) is 12.9. The molecule has 0 fully saturated rings. The molecule has 0 aliphatic heterocycles. The van der Waals surface area contributed by atoms with Crippen LogP contribution in [0.5, 0.6) is 0 Å². The lowest BCUT2D eigenvalue weighted by molar-refractivity contribution is 0.313. The fraction of sp³-hybridized carbons (Fsp3) is 0.200. The summed E-state index contributed by atoms with van der Waals surface area (Å²) in [6.45, 7) is 1.77. The van der Waals surface area contributed by atoms with Gasteiger partial charge in [0.25, 0.3) is 0 Å². The van der Waals surface area contributed by atoms with E-state index < -0.39 is 0 Å². The van der Waals surface area contributed by atoms with Crippen molar-refractivity contribution in [2.45, 2.75) is 13.3 Å². The number of nitrogens with zero attached hydrogens (tertiary/aromatic N) is 2. The van der Waals surface area contributed by atoms with Gasteiger partial charge in [-0.05, 0) is 24.6 Å². The van der Waals surface area contributed by atoms with Crippen molar-refractivity contribution in [3.05, 3.63) is 33.8 Å². The second-order valence-electron chi connectivity index (χ2n) is 2.97. The van der Waals surface area contributed by atoms with Crippen molar-refractivity contribution in [1.29, 1.82) is 0 Å². The van der Waals surface area contributed by atoms with Crippen LogP contribution in [-0.2, 0) is 0 Å². The van der Waals surface area contributed by atoms with Gasteiger partial charge in [-0.3, -0.25) is 0 Å². The molecule has 0 spiro atoms. The Bertz CT molecular complexity index is 444. The van der Waals surface area contributed by atoms with Crippen LogP contribution in [0.3, 0.4) is 0 Å². The number of benzene rings is 1. The maximum atomic E-state index is 8.91. The topological polar surface area (TPSA) is 65.2 Å². The lowest BCUT2D eigenvalue weighted by atomic mass is 10.0. The largest absolute Gasteiger partial charge is 0.411 e. The van der Waals surface area contributed by atoms with Crippen molar-refractivity contribution < 1.29 is 10.4 Å². The molecule has 0 amide bonds. The molecule has 4 nitrogen and oxygen atoms in total. The summed E-state index contributed by atoms with van der Waals surface area (Å²) >= 11 is 11.7. The highest BCUT2D eigenvalue weighted by Crippen LogP contribution is 2.22. The highest BCUT2D eigenvalue weighted by atomic mass is 35.5. The zero-order valence-corrected chi connectivity index (χ0v) is 10.00. The second kappa shape index (κ2) is 5.72. The van der Waals surface area contributed by atoms with E-state index in [1.807, 2.05) is 0 Å². The molecule has 0 radical (unpaired) electrons. The lowest BCUT2D eigenvalue weighted by Gasteiger charge is -2.07. The Morgan fingerprint density at radius 3 is 2.38 bits per heavy atom. The highest BCUT2D eigenvalue weighted by molar-refractivity contribution is 6.51. The molecule has 0 aliphatic carbocycles. The Hall–Kier alpha value is -1.26. The summed E-state index contributed by atoms with van der Waals surface area (Å²) in [5, 5.41) is 24.6. The molecule has 16 heavy (non-hydrogen) atoms. The van der Waals surface area contributed by atoms with Crippen LogP contribution in [-0.4, -0.2) is 21.8 Å². The van der Waals surface area contributed by atoms with Gasteiger partial charge >= 0.3 is 0 Å². The van der Waals surface area contributed by atoms with Gasteiger partial charge in [-0.1, -0.05) is 40.4 Å². The SMILES string of the molecule is CCC(=NO)C(=NO)c1ccc(Cl)cc1Cl. The molecule has 0 bridgehead atoms. The molecular weight excluding hydrogens is 251 g/mol. The van der Waals surface area contributed by atoms with E-state index in [-0.39, 0.29) is 11.4 Å². The van der Waals surface area contributed by atoms with Crippen LogP contribution in [0.2, 0.25) is 10.0 Å². The molecule has 1 aromatic carbocycles. The van der Waals surface area contributed by atoms with Crippen molar-refractivity contribution in [3.63, 3.8) is 0 Å². The Morgan fingerprint density at radius 1 is 1.25 bits per heavy atom. The van der Waals surface area contributed by atoms with Gasteiger partial charge in [0.05, 0.1) is 5.02 Å². The monoisotopic (exact) mass is 260 g/mol. The zero-order valence-electron chi connectivity index (χ0n) is 8.48. The van der Waals surface area contributed by atoms with Crippen molar-refractivity contribution in [2.24, 2.45) is 10.3 Å². The van der Waals surface area contributed by atoms with Gasteiger partial charge in [0.1, 0.15) is 11.4 Å². The average molecular weight is 261 g/mol. The Labute approximate surface area is 103 Å². The van der Waals surface area contributed by atoms with E-state index in [4.69, 9.17) is 33.6 Å². The zero-order chi connectivity index (χ0) is 12.1. The molecule has 0 atom stereocenters. The molecular formula is C10H10Cl2N2O2. The molecule has 0 saturated heterocycles. The quantitative estimate of drug-likeness (QED) is 0.497. The number of halogens is 2. The summed E-state index contributed by atoms with van der Waals surface area (Å²) in [7, 11) is 0. The number of hydrogen-bond donors (Lipinski definition) is 2. The molecule has 1 rings (SSSR count). The van der Waals surface area contributed by atoms with Gasteiger partial charge in [0.2, 0.25) is 0 Å². The van der Waals surface area contributed by atoms with Gasteiger partial charge in [0.15, 0.2) is 0 Å². The molecule has 86 valence electrons. The predicted octanol–water partition coefficient (Wildman–Crippen LogP) is 3.41. The highest BCUT2D eigenvalue weighted by Gasteiger charge is 2.15. The summed E-state index contributed by atoms with van der Waals surface area (Å²) in [6.07, 6.45) is 0.412. The van der Waals surface area contributed by atoms with Crippen LogP contribution in [0.1, 0.15) is 18.9 Å². The van der Waals surface area contributed by atoms with Gasteiger partial charge in [-0.2, -0.15) is 0 Å².